The van der Waals surface area contributed by atoms with E-state index in [2.05, 4.69) is 10.2 Å². The Hall–Kier alpha value is -3.41. The van der Waals surface area contributed by atoms with Crippen molar-refractivity contribution in [3.63, 3.8) is 0 Å². The number of ketones is 2. The number of phenolic OH excluding ortho intramolecular Hbond substituents is 1. The minimum Gasteiger partial charge on any atom is -0.510 e. The van der Waals surface area contributed by atoms with Crippen LogP contribution in [-0.4, -0.2) is 88.7 Å². The van der Waals surface area contributed by atoms with Crippen LogP contribution in [0.15, 0.2) is 28.7 Å². The van der Waals surface area contributed by atoms with Crippen LogP contribution in [0, 0.1) is 17.8 Å². The highest BCUT2D eigenvalue weighted by atomic mass is 16.3. The van der Waals surface area contributed by atoms with Gasteiger partial charge in [-0.15, -0.1) is 0 Å². The number of anilines is 1. The molecule has 1 aromatic rings. The fourth-order valence-electron chi connectivity index (χ4n) is 7.79. The number of nitrogens with one attached hydrogen (secondary N) is 1. The number of primary amides is 1. The molecule has 0 radical (unpaired) electrons. The maximum Gasteiger partial charge on any atom is 0.255 e. The lowest BCUT2D eigenvalue weighted by Gasteiger charge is -2.50. The molecular weight excluding hydrogens is 492 g/mol. The van der Waals surface area contributed by atoms with Gasteiger partial charge in [-0.1, -0.05) is 0 Å². The third kappa shape index (κ3) is 2.97. The molecule has 0 bridgehead atoms. The Bertz CT molecular complexity index is 1380. The zero-order valence-electron chi connectivity index (χ0n) is 21.5. The lowest BCUT2D eigenvalue weighted by atomic mass is 9.58. The smallest absolute Gasteiger partial charge is 0.255 e. The fourth-order valence-corrected chi connectivity index (χ4v) is 7.79. The van der Waals surface area contributed by atoms with Crippen molar-refractivity contribution in [2.75, 3.05) is 39.1 Å². The summed E-state index contributed by atoms with van der Waals surface area (Å²) in [4.78, 5) is 43.1. The summed E-state index contributed by atoms with van der Waals surface area (Å²) in [6.45, 7) is 1.66. The van der Waals surface area contributed by atoms with Crippen LogP contribution in [0.25, 0.3) is 0 Å². The molecule has 5 aliphatic rings. The number of amides is 1. The van der Waals surface area contributed by atoms with E-state index in [4.69, 9.17) is 5.73 Å². The van der Waals surface area contributed by atoms with Crippen molar-refractivity contribution in [1.29, 1.82) is 0 Å². The van der Waals surface area contributed by atoms with E-state index in [0.717, 1.165) is 30.8 Å². The van der Waals surface area contributed by atoms with E-state index in [-0.39, 0.29) is 35.8 Å². The Morgan fingerprint density at radius 3 is 2.61 bits per heavy atom. The molecule has 0 aromatic heterocycles. The van der Waals surface area contributed by atoms with E-state index in [0.29, 0.717) is 11.5 Å². The highest BCUT2D eigenvalue weighted by Gasteiger charge is 2.63. The van der Waals surface area contributed by atoms with Crippen molar-refractivity contribution in [3.8, 4) is 5.75 Å². The molecule has 1 saturated heterocycles. The average Bonchev–Trinajstić information content (AvgIpc) is 3.29. The summed E-state index contributed by atoms with van der Waals surface area (Å²) in [5.74, 6) is -6.01. The third-order valence-corrected chi connectivity index (χ3v) is 9.30. The number of Topliss-reactive ketones (excluding diaryl/α,β-unsaturated/α-hetero) is 2. The number of nitrogens with two attached hydrogens (primary N) is 1. The summed E-state index contributed by atoms with van der Waals surface area (Å²) >= 11 is 0. The number of carbonyl (C=O) groups excluding carboxylic acids is 3. The van der Waals surface area contributed by atoms with Gasteiger partial charge in [0.15, 0.2) is 11.4 Å². The van der Waals surface area contributed by atoms with Gasteiger partial charge in [0, 0.05) is 36.8 Å². The lowest BCUT2D eigenvalue weighted by molar-refractivity contribution is -0.148. The molecule has 1 aromatic carbocycles. The molecule has 2 heterocycles. The van der Waals surface area contributed by atoms with Crippen molar-refractivity contribution in [2.24, 2.45) is 23.5 Å². The van der Waals surface area contributed by atoms with E-state index in [1.54, 1.807) is 25.1 Å². The number of benzene rings is 1. The van der Waals surface area contributed by atoms with Crippen molar-refractivity contribution in [1.82, 2.24) is 10.2 Å². The molecule has 11 heteroatoms. The number of aliphatic hydroxyl groups is 3. The number of hydrogen-bond acceptors (Lipinski definition) is 10. The molecule has 202 valence electrons. The first-order chi connectivity index (χ1) is 17.9. The molecule has 6 rings (SSSR count). The van der Waals surface area contributed by atoms with E-state index < -0.39 is 58.0 Å². The van der Waals surface area contributed by atoms with Crippen molar-refractivity contribution in [3.05, 3.63) is 45.4 Å². The molecule has 2 unspecified atom stereocenters. The Kier molecular flexibility index (Phi) is 5.27. The van der Waals surface area contributed by atoms with Crippen LogP contribution >= 0.6 is 0 Å². The fraction of sp³-hybridized carbons (Fsp3) is 0.519. The SMILES string of the molecule is CN1CC2CCNC2c2cc(O)c3c(c21)C[C@@H]1C[C@@H]2[C@H](N(C)C)C(O)=C(C(N)=O)C(=O)[C@@]2(O)C(O)=C1C3=O. The Balaban J connectivity index is 1.55. The number of carbonyl (C=O) groups is 3. The minimum absolute atomic E-state index is 0.0489. The number of allylic oxidation sites excluding steroid dienone is 1. The first-order valence-corrected chi connectivity index (χ1v) is 12.9. The Morgan fingerprint density at radius 1 is 1.24 bits per heavy atom. The summed E-state index contributed by atoms with van der Waals surface area (Å²) < 4.78 is 0. The predicted octanol–water partition coefficient (Wildman–Crippen LogP) is 0.221. The molecule has 3 aliphatic carbocycles. The van der Waals surface area contributed by atoms with Gasteiger partial charge < -0.3 is 36.4 Å². The summed E-state index contributed by atoms with van der Waals surface area (Å²) in [6, 6.07) is 0.665. The topological polar surface area (TPSA) is 177 Å². The maximum atomic E-state index is 13.9. The molecule has 1 fully saturated rings. The van der Waals surface area contributed by atoms with Gasteiger partial charge in [-0.25, -0.2) is 0 Å². The lowest BCUT2D eigenvalue weighted by Crippen LogP contribution is -2.63. The van der Waals surface area contributed by atoms with E-state index in [1.807, 2.05) is 7.05 Å². The Labute approximate surface area is 219 Å². The predicted molar refractivity (Wildman–Crippen MR) is 136 cm³/mol. The van der Waals surface area contributed by atoms with Crippen LogP contribution in [0.1, 0.15) is 40.4 Å². The molecule has 0 spiro atoms. The monoisotopic (exact) mass is 524 g/mol. The highest BCUT2D eigenvalue weighted by molar-refractivity contribution is 6.24. The third-order valence-electron chi connectivity index (χ3n) is 9.30. The van der Waals surface area contributed by atoms with E-state index in [1.165, 1.54) is 0 Å². The number of likely N-dealkylation sites (N-methyl/N-ethyl adjacent to an activating group) is 1. The number of phenols is 1. The van der Waals surface area contributed by atoms with Crippen LogP contribution in [0.2, 0.25) is 0 Å². The van der Waals surface area contributed by atoms with Gasteiger partial charge in [0.2, 0.25) is 5.78 Å². The summed E-state index contributed by atoms with van der Waals surface area (Å²) in [7, 11) is 5.19. The van der Waals surface area contributed by atoms with Crippen LogP contribution < -0.4 is 16.0 Å². The normalized spacial score (nSPS) is 34.1. The van der Waals surface area contributed by atoms with E-state index >= 15 is 0 Å². The molecular formula is C27H32N4O7. The molecule has 1 amide bonds. The van der Waals surface area contributed by atoms with Gasteiger partial charge in [-0.3, -0.25) is 19.3 Å². The summed E-state index contributed by atoms with van der Waals surface area (Å²) in [6.07, 6.45) is 1.37. The molecule has 7 N–H and O–H groups in total. The Morgan fingerprint density at radius 2 is 1.95 bits per heavy atom. The average molecular weight is 525 g/mol. The number of aromatic hydroxyl groups is 1. The van der Waals surface area contributed by atoms with Gasteiger partial charge in [0.05, 0.1) is 11.6 Å². The minimum atomic E-state index is -2.63. The zero-order chi connectivity index (χ0) is 27.4. The van der Waals surface area contributed by atoms with Crippen LogP contribution in [-0.2, 0) is 16.0 Å². The standard InChI is InChI=1S/C27H32N4O7/c1-30(2)21-14-7-11-6-12-17(15(32)8-13-19-10(4-5-29-19)9-31(3)20(12)13)22(33)16(11)24(35)27(14,38)25(36)18(23(21)34)26(28)37/h8,10-11,14,19,21,29,32,34-35,38H,4-7,9H2,1-3H3,(H2,28,37)/t10?,11-,14-,19?,21+,27+/m1/s1. The van der Waals surface area contributed by atoms with Crippen LogP contribution in [0.5, 0.6) is 5.75 Å². The number of aliphatic hydroxyl groups excluding tert-OH is 2. The number of hydrogen-bond donors (Lipinski definition) is 6. The van der Waals surface area contributed by atoms with Gasteiger partial charge in [0.25, 0.3) is 5.91 Å². The summed E-state index contributed by atoms with van der Waals surface area (Å²) in [5.41, 5.74) is 4.33. The van der Waals surface area contributed by atoms with Gasteiger partial charge in [-0.05, 0) is 68.9 Å². The molecule has 38 heavy (non-hydrogen) atoms. The molecule has 2 aliphatic heterocycles. The van der Waals surface area contributed by atoms with Crippen molar-refractivity contribution >= 4 is 23.2 Å². The van der Waals surface area contributed by atoms with Crippen LogP contribution in [0.3, 0.4) is 0 Å². The van der Waals surface area contributed by atoms with Gasteiger partial charge >= 0.3 is 0 Å². The zero-order valence-corrected chi connectivity index (χ0v) is 21.5. The largest absolute Gasteiger partial charge is 0.510 e. The highest BCUT2D eigenvalue weighted by Crippen LogP contribution is 2.55. The van der Waals surface area contributed by atoms with E-state index in [9.17, 15) is 34.8 Å². The quantitative estimate of drug-likeness (QED) is 0.293. The number of rotatable bonds is 2. The molecule has 0 saturated carbocycles. The second-order valence-electron chi connectivity index (χ2n) is 11.5. The maximum absolute atomic E-state index is 13.9. The molecule has 11 nitrogen and oxygen atoms in total. The van der Waals surface area contributed by atoms with Crippen molar-refractivity contribution in [2.45, 2.75) is 36.9 Å². The van der Waals surface area contributed by atoms with Gasteiger partial charge in [0.1, 0.15) is 22.8 Å². The van der Waals surface area contributed by atoms with Crippen LogP contribution in [0.4, 0.5) is 5.69 Å². The van der Waals surface area contributed by atoms with Gasteiger partial charge in [-0.2, -0.15) is 0 Å². The van der Waals surface area contributed by atoms with Crippen molar-refractivity contribution < 1.29 is 34.8 Å². The second kappa shape index (κ2) is 8.05. The first kappa shape index (κ1) is 24.9. The number of fused-ring (bicyclic) bond motifs is 7. The molecule has 6 atom stereocenters. The number of nitrogens with zero attached hydrogens (tertiary/aromatic N) is 2. The second-order valence-corrected chi connectivity index (χ2v) is 11.5. The first-order valence-electron chi connectivity index (χ1n) is 12.9. The summed E-state index contributed by atoms with van der Waals surface area (Å²) in [5, 5.41) is 48.6.